The lowest BCUT2D eigenvalue weighted by molar-refractivity contribution is 0.0734. The van der Waals surface area contributed by atoms with Crippen molar-refractivity contribution in [2.24, 2.45) is 11.6 Å². The molecule has 206 valence electrons. The summed E-state index contributed by atoms with van der Waals surface area (Å²) in [5.41, 5.74) is 9.14. The summed E-state index contributed by atoms with van der Waals surface area (Å²) in [7, 11) is 0. The van der Waals surface area contributed by atoms with Crippen molar-refractivity contribution in [3.05, 3.63) is 93.1 Å². The number of rotatable bonds is 8. The molecule has 0 radical (unpaired) electrons. The first-order valence-corrected chi connectivity index (χ1v) is 13.2. The molecule has 9 nitrogen and oxygen atoms in total. The predicted octanol–water partition coefficient (Wildman–Crippen LogP) is 4.88. The molecule has 2 aromatic carbocycles. The van der Waals surface area contributed by atoms with Crippen LogP contribution in [0.3, 0.4) is 0 Å². The molecule has 0 spiro atoms. The number of hydrogen-bond donors (Lipinski definition) is 4. The third-order valence-corrected chi connectivity index (χ3v) is 7.40. The minimum absolute atomic E-state index is 0.00737. The normalized spacial score (nSPS) is 14.3. The van der Waals surface area contributed by atoms with Gasteiger partial charge in [-0.25, -0.2) is 5.84 Å². The van der Waals surface area contributed by atoms with Crippen LogP contribution in [0.25, 0.3) is 11.0 Å². The highest BCUT2D eigenvalue weighted by Gasteiger charge is 2.29. The average molecular weight is 572 g/mol. The summed E-state index contributed by atoms with van der Waals surface area (Å²) < 4.78 is 5.43. The number of carbonyl (C=O) groups is 2. The van der Waals surface area contributed by atoms with Crippen LogP contribution in [-0.2, 0) is 13.0 Å². The zero-order valence-electron chi connectivity index (χ0n) is 21.7. The van der Waals surface area contributed by atoms with Gasteiger partial charge < -0.3 is 30.5 Å². The fraction of sp³-hybridized carbons (Fsp3) is 0.286. The smallest absolute Gasteiger partial charge is 0.254 e. The number of nitrogens with two attached hydrogens (primary N) is 2. The Hall–Kier alpha value is -3.66. The minimum Gasteiger partial charge on any atom is -0.511 e. The number of fused-ring (bicyclic) bond motifs is 2. The summed E-state index contributed by atoms with van der Waals surface area (Å²) in [6.07, 6.45) is 3.63. The maximum absolute atomic E-state index is 13.2. The monoisotopic (exact) mass is 571 g/mol. The van der Waals surface area contributed by atoms with E-state index in [9.17, 15) is 14.7 Å². The topological polar surface area (TPSA) is 138 Å². The second-order valence-electron chi connectivity index (χ2n) is 9.80. The highest BCUT2D eigenvalue weighted by atomic mass is 35.5. The van der Waals surface area contributed by atoms with E-state index in [0.717, 1.165) is 16.5 Å². The average Bonchev–Trinajstić information content (AvgIpc) is 3.35. The lowest BCUT2D eigenvalue weighted by Gasteiger charge is -2.30. The van der Waals surface area contributed by atoms with Gasteiger partial charge >= 0.3 is 0 Å². The van der Waals surface area contributed by atoms with Crippen molar-refractivity contribution < 1.29 is 19.1 Å². The van der Waals surface area contributed by atoms with Gasteiger partial charge in [-0.3, -0.25) is 9.59 Å². The van der Waals surface area contributed by atoms with Crippen LogP contribution >= 0.6 is 23.2 Å². The number of furan rings is 1. The number of amides is 2. The number of halogens is 2. The molecular weight excluding hydrogens is 541 g/mol. The molecule has 1 aromatic heterocycles. The van der Waals surface area contributed by atoms with Crippen LogP contribution in [-0.4, -0.2) is 45.5 Å². The largest absolute Gasteiger partial charge is 0.511 e. The van der Waals surface area contributed by atoms with Crippen molar-refractivity contribution in [3.8, 4) is 0 Å². The zero-order valence-corrected chi connectivity index (χ0v) is 23.2. The highest BCUT2D eigenvalue weighted by molar-refractivity contribution is 6.40. The molecule has 2 amide bonds. The standard InChI is InChI=1S/C28H31Cl2N5O4/c1-15(2)35(32)14-20(31)12-23(16(3)36)33-27(37)25-22(29)10-19-13-34(8-6-21(19)26(25)30)28(38)18-5-4-17-7-9-39-24(17)11-18/h4-5,7,9-11,14-15,23,36H,3,6,8,12-13,31-32H2,1-2H3,(H,33,37)/b20-14-. The molecule has 0 fully saturated rings. The third kappa shape index (κ3) is 6.16. The summed E-state index contributed by atoms with van der Waals surface area (Å²) >= 11 is 13.2. The van der Waals surface area contributed by atoms with Gasteiger partial charge in [0.05, 0.1) is 27.9 Å². The van der Waals surface area contributed by atoms with E-state index in [-0.39, 0.29) is 46.3 Å². The molecule has 0 aliphatic carbocycles. The van der Waals surface area contributed by atoms with Crippen LogP contribution in [0.5, 0.6) is 0 Å². The Balaban J connectivity index is 1.52. The van der Waals surface area contributed by atoms with E-state index in [1.165, 1.54) is 11.2 Å². The number of carbonyl (C=O) groups excluding carboxylic acids is 2. The number of nitrogens with one attached hydrogen (secondary N) is 1. The summed E-state index contributed by atoms with van der Waals surface area (Å²) in [4.78, 5) is 28.1. The van der Waals surface area contributed by atoms with E-state index in [4.69, 9.17) is 39.2 Å². The first-order valence-electron chi connectivity index (χ1n) is 12.4. The fourth-order valence-electron chi connectivity index (χ4n) is 4.42. The van der Waals surface area contributed by atoms with Gasteiger partial charge in [0.25, 0.3) is 11.8 Å². The number of aliphatic hydroxyl groups excluding tert-OH is 1. The van der Waals surface area contributed by atoms with Crippen LogP contribution in [0.1, 0.15) is 52.1 Å². The van der Waals surface area contributed by atoms with Gasteiger partial charge in [-0.15, -0.1) is 0 Å². The first-order chi connectivity index (χ1) is 18.5. The van der Waals surface area contributed by atoms with E-state index < -0.39 is 11.9 Å². The predicted molar refractivity (Wildman–Crippen MR) is 152 cm³/mol. The van der Waals surface area contributed by atoms with Crippen molar-refractivity contribution in [3.63, 3.8) is 0 Å². The second-order valence-corrected chi connectivity index (χ2v) is 10.6. The molecule has 1 unspecified atom stereocenters. The molecule has 1 atom stereocenters. The highest BCUT2D eigenvalue weighted by Crippen LogP contribution is 2.35. The summed E-state index contributed by atoms with van der Waals surface area (Å²) in [6.45, 7) is 8.03. The SMILES string of the molecule is C=C(O)C(C/C(N)=C/N(N)C(C)C)NC(=O)c1c(Cl)cc2c(c1Cl)CCN(C(=O)c1ccc3ccoc3c1)C2. The Kier molecular flexibility index (Phi) is 8.44. The Bertz CT molecular complexity index is 1470. The van der Waals surface area contributed by atoms with E-state index in [2.05, 4.69) is 11.9 Å². The molecule has 6 N–H and O–H groups in total. The van der Waals surface area contributed by atoms with Crippen LogP contribution in [0.4, 0.5) is 0 Å². The Morgan fingerprint density at radius 1 is 1.28 bits per heavy atom. The first kappa shape index (κ1) is 28.4. The zero-order chi connectivity index (χ0) is 28.4. The van der Waals surface area contributed by atoms with Crippen molar-refractivity contribution >= 4 is 46.0 Å². The van der Waals surface area contributed by atoms with Crippen LogP contribution in [0.2, 0.25) is 10.0 Å². The van der Waals surface area contributed by atoms with Gasteiger partial charge in [0.2, 0.25) is 0 Å². The number of hydrazine groups is 1. The van der Waals surface area contributed by atoms with E-state index in [0.29, 0.717) is 29.8 Å². The van der Waals surface area contributed by atoms with Gasteiger partial charge in [0.1, 0.15) is 11.3 Å². The maximum Gasteiger partial charge on any atom is 0.254 e. The molecule has 39 heavy (non-hydrogen) atoms. The van der Waals surface area contributed by atoms with E-state index in [1.807, 2.05) is 26.0 Å². The molecule has 1 aliphatic heterocycles. The van der Waals surface area contributed by atoms with Gasteiger partial charge in [-0.05, 0) is 55.7 Å². The second kappa shape index (κ2) is 11.6. The lowest BCUT2D eigenvalue weighted by atomic mass is 9.95. The van der Waals surface area contributed by atoms with Gasteiger partial charge in [0, 0.05) is 48.4 Å². The number of hydrogen-bond acceptors (Lipinski definition) is 7. The van der Waals surface area contributed by atoms with Crippen molar-refractivity contribution in [2.75, 3.05) is 6.54 Å². The molecule has 0 saturated heterocycles. The van der Waals surface area contributed by atoms with Gasteiger partial charge in [-0.1, -0.05) is 35.8 Å². The molecular formula is C28H31Cl2N5O4. The number of benzene rings is 2. The molecule has 3 aromatic rings. The van der Waals surface area contributed by atoms with Crippen LogP contribution in [0.15, 0.2) is 65.2 Å². The summed E-state index contributed by atoms with van der Waals surface area (Å²) in [5.74, 6) is 4.88. The number of aliphatic hydroxyl groups is 1. The van der Waals surface area contributed by atoms with E-state index in [1.54, 1.807) is 29.4 Å². The summed E-state index contributed by atoms with van der Waals surface area (Å²) in [5, 5.41) is 15.5. The number of nitrogens with zero attached hydrogens (tertiary/aromatic N) is 2. The molecule has 4 rings (SSSR count). The van der Waals surface area contributed by atoms with Crippen molar-refractivity contribution in [1.82, 2.24) is 15.2 Å². The molecule has 11 heteroatoms. The van der Waals surface area contributed by atoms with Gasteiger partial charge in [-0.2, -0.15) is 0 Å². The quantitative estimate of drug-likeness (QED) is 0.171. The Labute approximate surface area is 236 Å². The van der Waals surface area contributed by atoms with Crippen molar-refractivity contribution in [1.29, 1.82) is 0 Å². The molecule has 1 aliphatic rings. The summed E-state index contributed by atoms with van der Waals surface area (Å²) in [6, 6.07) is 7.94. The van der Waals surface area contributed by atoms with Crippen LogP contribution < -0.4 is 16.9 Å². The lowest BCUT2D eigenvalue weighted by Crippen LogP contribution is -2.39. The van der Waals surface area contributed by atoms with Crippen molar-refractivity contribution in [2.45, 2.75) is 45.3 Å². The minimum atomic E-state index is -0.892. The molecule has 0 bridgehead atoms. The molecule has 2 heterocycles. The maximum atomic E-state index is 13.2. The van der Waals surface area contributed by atoms with Gasteiger partial charge in [0.15, 0.2) is 0 Å². The molecule has 0 saturated carbocycles. The third-order valence-electron chi connectivity index (χ3n) is 6.68. The van der Waals surface area contributed by atoms with Crippen LogP contribution in [0, 0.1) is 0 Å². The Morgan fingerprint density at radius 3 is 2.72 bits per heavy atom. The van der Waals surface area contributed by atoms with E-state index >= 15 is 0 Å². The Morgan fingerprint density at radius 2 is 2.03 bits per heavy atom. The fourth-order valence-corrected chi connectivity index (χ4v) is 5.18.